The fourth-order valence-electron chi connectivity index (χ4n) is 2.19. The Morgan fingerprint density at radius 2 is 1.88 bits per heavy atom. The molecular formula is C18H17N3O2S. The molecule has 0 N–H and O–H groups in total. The van der Waals surface area contributed by atoms with Crippen LogP contribution in [0.4, 0.5) is 0 Å². The van der Waals surface area contributed by atoms with Crippen LogP contribution in [0.15, 0.2) is 59.9 Å². The largest absolute Gasteiger partial charge is 0.493 e. The maximum Gasteiger partial charge on any atom is 0.209 e. The first kappa shape index (κ1) is 16.3. The fourth-order valence-corrected chi connectivity index (χ4v) is 2.51. The van der Waals surface area contributed by atoms with Crippen molar-refractivity contribution in [2.24, 2.45) is 0 Å². The number of thioether (sulfide) groups is 1. The molecule has 122 valence electrons. The number of hydrogen-bond acceptors (Lipinski definition) is 6. The van der Waals surface area contributed by atoms with Gasteiger partial charge in [-0.3, -0.25) is 0 Å². The van der Waals surface area contributed by atoms with Crippen molar-refractivity contribution in [3.63, 3.8) is 0 Å². The first-order valence-corrected chi connectivity index (χ1v) is 8.61. The quantitative estimate of drug-likeness (QED) is 0.636. The van der Waals surface area contributed by atoms with E-state index in [0.29, 0.717) is 23.3 Å². The van der Waals surface area contributed by atoms with Crippen molar-refractivity contribution in [2.45, 2.75) is 11.8 Å². The molecule has 0 unspecified atom stereocenters. The number of ether oxygens (including phenoxy) is 2. The van der Waals surface area contributed by atoms with E-state index in [-0.39, 0.29) is 0 Å². The number of rotatable bonds is 6. The van der Waals surface area contributed by atoms with Gasteiger partial charge in [-0.1, -0.05) is 42.1 Å². The lowest BCUT2D eigenvalue weighted by Gasteiger charge is -2.12. The smallest absolute Gasteiger partial charge is 0.209 e. The predicted octanol–water partition coefficient (Wildman–Crippen LogP) is 3.85. The third kappa shape index (κ3) is 3.83. The molecule has 3 rings (SSSR count). The Morgan fingerprint density at radius 1 is 1.04 bits per heavy atom. The second-order valence-electron chi connectivity index (χ2n) is 4.97. The van der Waals surface area contributed by atoms with Crippen molar-refractivity contribution in [2.75, 3.05) is 13.4 Å². The summed E-state index contributed by atoms with van der Waals surface area (Å²) >= 11 is 1.46. The van der Waals surface area contributed by atoms with Gasteiger partial charge in [-0.15, -0.1) is 5.10 Å². The molecule has 6 heteroatoms. The van der Waals surface area contributed by atoms with Gasteiger partial charge < -0.3 is 9.47 Å². The van der Waals surface area contributed by atoms with Crippen LogP contribution >= 0.6 is 11.8 Å². The topological polar surface area (TPSA) is 57.1 Å². The first-order chi connectivity index (χ1) is 11.8. The summed E-state index contributed by atoms with van der Waals surface area (Å²) in [4.78, 5) is 4.45. The van der Waals surface area contributed by atoms with E-state index in [1.54, 1.807) is 13.3 Å². The summed E-state index contributed by atoms with van der Waals surface area (Å²) in [6, 6.07) is 15.7. The molecule has 0 radical (unpaired) electrons. The van der Waals surface area contributed by atoms with Crippen LogP contribution in [0.1, 0.15) is 5.56 Å². The second kappa shape index (κ2) is 7.79. The first-order valence-electron chi connectivity index (χ1n) is 7.39. The summed E-state index contributed by atoms with van der Waals surface area (Å²) in [6.07, 6.45) is 3.56. The molecule has 0 spiro atoms. The lowest BCUT2D eigenvalue weighted by atomic mass is 10.1. The number of aromatic nitrogens is 3. The molecule has 0 saturated carbocycles. The molecule has 24 heavy (non-hydrogen) atoms. The number of methoxy groups -OCH3 is 1. The lowest BCUT2D eigenvalue weighted by molar-refractivity contribution is 0.284. The molecular weight excluding hydrogens is 322 g/mol. The van der Waals surface area contributed by atoms with Crippen molar-refractivity contribution in [3.8, 4) is 22.8 Å². The zero-order valence-electron chi connectivity index (χ0n) is 13.5. The molecule has 1 aromatic heterocycles. The molecule has 0 aliphatic rings. The number of nitrogens with zero attached hydrogens (tertiary/aromatic N) is 3. The van der Waals surface area contributed by atoms with Gasteiger partial charge in [-0.25, -0.2) is 4.98 Å². The minimum absolute atomic E-state index is 0.488. The summed E-state index contributed by atoms with van der Waals surface area (Å²) in [6.45, 7) is 0.488. The van der Waals surface area contributed by atoms with Crippen LogP contribution < -0.4 is 9.47 Å². The predicted molar refractivity (Wildman–Crippen MR) is 94.4 cm³/mol. The van der Waals surface area contributed by atoms with Crippen LogP contribution in [-0.2, 0) is 6.61 Å². The molecule has 0 bridgehead atoms. The van der Waals surface area contributed by atoms with E-state index in [9.17, 15) is 0 Å². The molecule has 0 saturated heterocycles. The van der Waals surface area contributed by atoms with Gasteiger partial charge in [-0.2, -0.15) is 5.10 Å². The molecule has 0 aliphatic heterocycles. The molecule has 1 heterocycles. The molecule has 0 atom stereocenters. The Balaban J connectivity index is 1.82. The van der Waals surface area contributed by atoms with Gasteiger partial charge in [0.25, 0.3) is 0 Å². The Morgan fingerprint density at radius 3 is 2.62 bits per heavy atom. The fraction of sp³-hybridized carbons (Fsp3) is 0.167. The van der Waals surface area contributed by atoms with Crippen LogP contribution in [0.2, 0.25) is 0 Å². The normalized spacial score (nSPS) is 10.4. The number of benzene rings is 2. The summed E-state index contributed by atoms with van der Waals surface area (Å²) in [5.41, 5.74) is 2.76. The summed E-state index contributed by atoms with van der Waals surface area (Å²) < 4.78 is 11.3. The third-order valence-corrected chi connectivity index (χ3v) is 3.96. The van der Waals surface area contributed by atoms with E-state index < -0.39 is 0 Å². The molecule has 0 fully saturated rings. The molecule has 0 amide bonds. The maximum absolute atomic E-state index is 5.87. The van der Waals surface area contributed by atoms with Gasteiger partial charge in [-0.05, 0) is 30.0 Å². The van der Waals surface area contributed by atoms with Gasteiger partial charge in [0.2, 0.25) is 5.16 Å². The second-order valence-corrected chi connectivity index (χ2v) is 5.74. The Labute approximate surface area is 145 Å². The van der Waals surface area contributed by atoms with E-state index in [4.69, 9.17) is 9.47 Å². The van der Waals surface area contributed by atoms with E-state index in [1.807, 2.05) is 54.8 Å². The highest BCUT2D eigenvalue weighted by molar-refractivity contribution is 7.98. The van der Waals surface area contributed by atoms with Gasteiger partial charge in [0.1, 0.15) is 6.61 Å². The average Bonchev–Trinajstić information content (AvgIpc) is 2.67. The van der Waals surface area contributed by atoms with Crippen LogP contribution in [0, 0.1) is 0 Å². The highest BCUT2D eigenvalue weighted by Crippen LogP contribution is 2.32. The van der Waals surface area contributed by atoms with Gasteiger partial charge in [0.15, 0.2) is 11.5 Å². The van der Waals surface area contributed by atoms with E-state index in [2.05, 4.69) is 15.2 Å². The van der Waals surface area contributed by atoms with E-state index in [0.717, 1.165) is 16.8 Å². The highest BCUT2D eigenvalue weighted by atomic mass is 32.2. The maximum atomic E-state index is 5.87. The summed E-state index contributed by atoms with van der Waals surface area (Å²) in [5.74, 6) is 1.35. The minimum Gasteiger partial charge on any atom is -0.493 e. The van der Waals surface area contributed by atoms with E-state index in [1.165, 1.54) is 11.8 Å². The van der Waals surface area contributed by atoms with Crippen molar-refractivity contribution in [3.05, 3.63) is 60.3 Å². The van der Waals surface area contributed by atoms with Crippen molar-refractivity contribution < 1.29 is 9.47 Å². The zero-order valence-corrected chi connectivity index (χ0v) is 14.3. The lowest BCUT2D eigenvalue weighted by Crippen LogP contribution is -1.98. The monoisotopic (exact) mass is 339 g/mol. The molecule has 3 aromatic rings. The zero-order chi connectivity index (χ0) is 16.8. The average molecular weight is 339 g/mol. The Hall–Kier alpha value is -2.60. The van der Waals surface area contributed by atoms with Crippen LogP contribution in [0.3, 0.4) is 0 Å². The van der Waals surface area contributed by atoms with Crippen molar-refractivity contribution >= 4 is 11.8 Å². The third-order valence-electron chi connectivity index (χ3n) is 3.42. The van der Waals surface area contributed by atoms with Crippen LogP contribution in [-0.4, -0.2) is 28.5 Å². The van der Waals surface area contributed by atoms with Gasteiger partial charge in [0.05, 0.1) is 19.0 Å². The highest BCUT2D eigenvalue weighted by Gasteiger charge is 2.09. The minimum atomic E-state index is 0.488. The molecule has 0 aliphatic carbocycles. The van der Waals surface area contributed by atoms with Gasteiger partial charge >= 0.3 is 0 Å². The van der Waals surface area contributed by atoms with Crippen LogP contribution in [0.25, 0.3) is 11.3 Å². The molecule has 5 nitrogen and oxygen atoms in total. The summed E-state index contributed by atoms with van der Waals surface area (Å²) in [5, 5.41) is 8.57. The standard InChI is InChI=1S/C18H17N3O2S/c1-22-17-10-14(15-11-19-21-18(20-15)24-2)8-9-16(17)23-12-13-6-4-3-5-7-13/h3-11H,12H2,1-2H3. The SMILES string of the molecule is COc1cc(-c2cnnc(SC)n2)ccc1OCc1ccccc1. The Kier molecular flexibility index (Phi) is 5.28. The van der Waals surface area contributed by atoms with Crippen molar-refractivity contribution in [1.82, 2.24) is 15.2 Å². The number of hydrogen-bond donors (Lipinski definition) is 0. The van der Waals surface area contributed by atoms with Crippen LogP contribution in [0.5, 0.6) is 11.5 Å². The summed E-state index contributed by atoms with van der Waals surface area (Å²) in [7, 11) is 1.63. The van der Waals surface area contributed by atoms with Crippen molar-refractivity contribution in [1.29, 1.82) is 0 Å². The molecule has 2 aromatic carbocycles. The van der Waals surface area contributed by atoms with Gasteiger partial charge in [0, 0.05) is 5.56 Å². The Bertz CT molecular complexity index is 812. The van der Waals surface area contributed by atoms with E-state index >= 15 is 0 Å².